The summed E-state index contributed by atoms with van der Waals surface area (Å²) in [5.41, 5.74) is -0.278. The standard InChI is InChI=1S/C10H12FNO3S/c1-6(13)7(2)16-10-4-8(11)3-9(5-10)12(14)15/h3-7,13H,1-2H3. The fraction of sp³-hybridized carbons (Fsp3) is 0.400. The predicted octanol–water partition coefficient (Wildman–Crippen LogP) is 2.60. The van der Waals surface area contributed by atoms with E-state index < -0.39 is 16.8 Å². The Kier molecular flexibility index (Phi) is 4.26. The molecule has 0 spiro atoms. The van der Waals surface area contributed by atoms with Crippen molar-refractivity contribution in [3.63, 3.8) is 0 Å². The van der Waals surface area contributed by atoms with Crippen LogP contribution in [0, 0.1) is 15.9 Å². The van der Waals surface area contributed by atoms with Gasteiger partial charge in [0.25, 0.3) is 5.69 Å². The fourth-order valence-electron chi connectivity index (χ4n) is 1.03. The van der Waals surface area contributed by atoms with Gasteiger partial charge in [0.05, 0.1) is 17.1 Å². The summed E-state index contributed by atoms with van der Waals surface area (Å²) in [7, 11) is 0. The van der Waals surface area contributed by atoms with Gasteiger partial charge in [0.15, 0.2) is 0 Å². The number of nitrogens with zero attached hydrogens (tertiary/aromatic N) is 1. The van der Waals surface area contributed by atoms with Gasteiger partial charge in [-0.2, -0.15) is 0 Å². The molecule has 2 unspecified atom stereocenters. The van der Waals surface area contributed by atoms with E-state index in [1.807, 2.05) is 0 Å². The van der Waals surface area contributed by atoms with Crippen LogP contribution in [0.3, 0.4) is 0 Å². The Morgan fingerprint density at radius 2 is 2.06 bits per heavy atom. The lowest BCUT2D eigenvalue weighted by Gasteiger charge is -2.13. The maximum absolute atomic E-state index is 13.1. The normalized spacial score (nSPS) is 14.5. The molecule has 16 heavy (non-hydrogen) atoms. The maximum Gasteiger partial charge on any atom is 0.273 e. The molecule has 88 valence electrons. The lowest BCUT2D eigenvalue weighted by atomic mass is 10.3. The molecule has 6 heteroatoms. The van der Waals surface area contributed by atoms with Crippen molar-refractivity contribution in [2.75, 3.05) is 0 Å². The number of aliphatic hydroxyl groups excluding tert-OH is 1. The van der Waals surface area contributed by atoms with E-state index in [1.165, 1.54) is 23.9 Å². The molecule has 2 atom stereocenters. The average Bonchev–Trinajstić information content (AvgIpc) is 2.16. The highest BCUT2D eigenvalue weighted by Crippen LogP contribution is 2.29. The van der Waals surface area contributed by atoms with Gasteiger partial charge in [-0.05, 0) is 13.0 Å². The molecule has 0 aliphatic carbocycles. The minimum absolute atomic E-state index is 0.151. The molecule has 0 fully saturated rings. The summed E-state index contributed by atoms with van der Waals surface area (Å²) >= 11 is 1.20. The molecule has 4 nitrogen and oxygen atoms in total. The Balaban J connectivity index is 2.92. The minimum Gasteiger partial charge on any atom is -0.392 e. The third kappa shape index (κ3) is 3.46. The predicted molar refractivity (Wildman–Crippen MR) is 60.1 cm³/mol. The van der Waals surface area contributed by atoms with Crippen molar-refractivity contribution in [1.29, 1.82) is 0 Å². The number of benzene rings is 1. The summed E-state index contributed by atoms with van der Waals surface area (Å²) in [6.07, 6.45) is -0.563. The van der Waals surface area contributed by atoms with Crippen LogP contribution in [0.15, 0.2) is 23.1 Å². The van der Waals surface area contributed by atoms with Gasteiger partial charge in [0.2, 0.25) is 0 Å². The Labute approximate surface area is 96.6 Å². The molecule has 1 rings (SSSR count). The first-order valence-corrected chi connectivity index (χ1v) is 5.58. The summed E-state index contributed by atoms with van der Waals surface area (Å²) in [6.45, 7) is 3.39. The van der Waals surface area contributed by atoms with Crippen LogP contribution in [0.2, 0.25) is 0 Å². The van der Waals surface area contributed by atoms with Crippen LogP contribution in [-0.4, -0.2) is 21.4 Å². The fourth-order valence-corrected chi connectivity index (χ4v) is 2.03. The van der Waals surface area contributed by atoms with Crippen LogP contribution in [0.1, 0.15) is 13.8 Å². The van der Waals surface area contributed by atoms with E-state index in [4.69, 9.17) is 0 Å². The first kappa shape index (κ1) is 12.9. The molecule has 1 aromatic rings. The second-order valence-corrected chi connectivity index (χ2v) is 4.92. The zero-order valence-corrected chi connectivity index (χ0v) is 9.70. The number of nitro groups is 1. The Morgan fingerprint density at radius 1 is 1.44 bits per heavy atom. The molecule has 1 N–H and O–H groups in total. The second-order valence-electron chi connectivity index (χ2n) is 3.47. The molecule has 0 aromatic heterocycles. The lowest BCUT2D eigenvalue weighted by Crippen LogP contribution is -2.14. The van der Waals surface area contributed by atoms with E-state index >= 15 is 0 Å². The van der Waals surface area contributed by atoms with Gasteiger partial charge in [-0.3, -0.25) is 10.1 Å². The molecule has 0 saturated heterocycles. The first-order valence-electron chi connectivity index (χ1n) is 4.70. The zero-order chi connectivity index (χ0) is 12.3. The molecule has 1 aromatic carbocycles. The Bertz CT molecular complexity index is 398. The van der Waals surface area contributed by atoms with Crippen molar-refractivity contribution in [1.82, 2.24) is 0 Å². The van der Waals surface area contributed by atoms with Crippen LogP contribution in [0.5, 0.6) is 0 Å². The van der Waals surface area contributed by atoms with Gasteiger partial charge < -0.3 is 5.11 Å². The molecule has 0 amide bonds. The quantitative estimate of drug-likeness (QED) is 0.503. The molecule has 0 heterocycles. The van der Waals surface area contributed by atoms with Crippen LogP contribution >= 0.6 is 11.8 Å². The highest BCUT2D eigenvalue weighted by Gasteiger charge is 2.14. The van der Waals surface area contributed by atoms with Crippen LogP contribution < -0.4 is 0 Å². The monoisotopic (exact) mass is 245 g/mol. The van der Waals surface area contributed by atoms with Crippen molar-refractivity contribution in [3.05, 3.63) is 34.1 Å². The zero-order valence-electron chi connectivity index (χ0n) is 8.88. The number of hydrogen-bond acceptors (Lipinski definition) is 4. The molecular formula is C10H12FNO3S. The van der Waals surface area contributed by atoms with E-state index in [0.29, 0.717) is 4.90 Å². The number of rotatable bonds is 4. The maximum atomic E-state index is 13.1. The van der Waals surface area contributed by atoms with Gasteiger partial charge in [-0.25, -0.2) is 4.39 Å². The van der Waals surface area contributed by atoms with Gasteiger partial charge in [-0.15, -0.1) is 11.8 Å². The van der Waals surface area contributed by atoms with E-state index in [-0.39, 0.29) is 10.9 Å². The van der Waals surface area contributed by atoms with E-state index in [1.54, 1.807) is 13.8 Å². The third-order valence-corrected chi connectivity index (χ3v) is 3.34. The van der Waals surface area contributed by atoms with Crippen LogP contribution in [-0.2, 0) is 0 Å². The van der Waals surface area contributed by atoms with Gasteiger partial charge >= 0.3 is 0 Å². The second kappa shape index (κ2) is 5.27. The van der Waals surface area contributed by atoms with Crippen molar-refractivity contribution in [3.8, 4) is 0 Å². The Hall–Kier alpha value is -1.14. The van der Waals surface area contributed by atoms with Gasteiger partial charge in [0, 0.05) is 16.2 Å². The number of thioether (sulfide) groups is 1. The van der Waals surface area contributed by atoms with E-state index in [0.717, 1.165) is 6.07 Å². The van der Waals surface area contributed by atoms with Gasteiger partial charge in [-0.1, -0.05) is 6.92 Å². The number of hydrogen-bond donors (Lipinski definition) is 1. The highest BCUT2D eigenvalue weighted by molar-refractivity contribution is 8.00. The molecule has 0 radical (unpaired) electrons. The Morgan fingerprint density at radius 3 is 2.56 bits per heavy atom. The molecule has 0 aliphatic rings. The highest BCUT2D eigenvalue weighted by atomic mass is 32.2. The van der Waals surface area contributed by atoms with E-state index in [2.05, 4.69) is 0 Å². The summed E-state index contributed by atoms with van der Waals surface area (Å²) in [6, 6.07) is 3.39. The van der Waals surface area contributed by atoms with Crippen molar-refractivity contribution in [2.45, 2.75) is 30.1 Å². The number of halogens is 1. The van der Waals surface area contributed by atoms with Crippen molar-refractivity contribution < 1.29 is 14.4 Å². The van der Waals surface area contributed by atoms with Crippen LogP contribution in [0.4, 0.5) is 10.1 Å². The molecule has 0 saturated carbocycles. The van der Waals surface area contributed by atoms with Crippen LogP contribution in [0.25, 0.3) is 0 Å². The largest absolute Gasteiger partial charge is 0.392 e. The van der Waals surface area contributed by atoms with Crippen molar-refractivity contribution in [2.24, 2.45) is 0 Å². The smallest absolute Gasteiger partial charge is 0.273 e. The lowest BCUT2D eigenvalue weighted by molar-refractivity contribution is -0.385. The summed E-state index contributed by atoms with van der Waals surface area (Å²) in [5, 5.41) is 19.6. The summed E-state index contributed by atoms with van der Waals surface area (Å²) in [4.78, 5) is 10.3. The topological polar surface area (TPSA) is 63.4 Å². The number of nitro benzene ring substituents is 1. The average molecular weight is 245 g/mol. The summed E-state index contributed by atoms with van der Waals surface area (Å²) < 4.78 is 13.1. The number of non-ortho nitro benzene ring substituents is 1. The number of aliphatic hydroxyl groups is 1. The van der Waals surface area contributed by atoms with Crippen molar-refractivity contribution >= 4 is 17.4 Å². The summed E-state index contributed by atoms with van der Waals surface area (Å²) in [5.74, 6) is -0.644. The third-order valence-electron chi connectivity index (χ3n) is 2.07. The minimum atomic E-state index is -0.644. The van der Waals surface area contributed by atoms with Gasteiger partial charge in [0.1, 0.15) is 5.82 Å². The van der Waals surface area contributed by atoms with E-state index in [9.17, 15) is 19.6 Å². The molecular weight excluding hydrogens is 233 g/mol. The molecule has 0 bridgehead atoms. The molecule has 0 aliphatic heterocycles. The first-order chi connectivity index (χ1) is 7.40. The SMILES string of the molecule is CC(O)C(C)Sc1cc(F)cc([N+](=O)[O-])c1.